The van der Waals surface area contributed by atoms with Gasteiger partial charge in [-0.2, -0.15) is 0 Å². The van der Waals surface area contributed by atoms with Crippen LogP contribution >= 0.6 is 0 Å². The molecule has 0 amide bonds. The molecule has 2 rings (SSSR count). The van der Waals surface area contributed by atoms with Crippen molar-refractivity contribution in [3.05, 3.63) is 35.4 Å². The molecule has 2 atom stereocenters. The lowest BCUT2D eigenvalue weighted by molar-refractivity contribution is -0.132. The summed E-state index contributed by atoms with van der Waals surface area (Å²) in [6, 6.07) is 8.91. The maximum atomic E-state index is 6.38. The molecular formula is C18H29NO. The van der Waals surface area contributed by atoms with Gasteiger partial charge in [-0.25, -0.2) is 0 Å². The number of ether oxygens (including phenoxy) is 1. The molecule has 0 aromatic heterocycles. The van der Waals surface area contributed by atoms with E-state index in [1.807, 2.05) is 0 Å². The number of nitrogens with one attached hydrogen (secondary N) is 1. The number of hydrogen-bond acceptors (Lipinski definition) is 2. The maximum Gasteiger partial charge on any atom is 0.0957 e. The van der Waals surface area contributed by atoms with E-state index in [1.165, 1.54) is 11.1 Å². The Morgan fingerprint density at radius 1 is 1.20 bits per heavy atom. The van der Waals surface area contributed by atoms with Crippen LogP contribution in [0.15, 0.2) is 24.3 Å². The van der Waals surface area contributed by atoms with Gasteiger partial charge >= 0.3 is 0 Å². The molecule has 20 heavy (non-hydrogen) atoms. The summed E-state index contributed by atoms with van der Waals surface area (Å²) in [7, 11) is 0. The summed E-state index contributed by atoms with van der Waals surface area (Å²) < 4.78 is 6.38. The monoisotopic (exact) mass is 275 g/mol. The van der Waals surface area contributed by atoms with Gasteiger partial charge in [-0.3, -0.25) is 0 Å². The fraction of sp³-hybridized carbons (Fsp3) is 0.667. The Kier molecular flexibility index (Phi) is 4.27. The third-order valence-electron chi connectivity index (χ3n) is 4.59. The topological polar surface area (TPSA) is 21.3 Å². The Morgan fingerprint density at radius 3 is 2.30 bits per heavy atom. The lowest BCUT2D eigenvalue weighted by Crippen LogP contribution is -2.52. The minimum Gasteiger partial charge on any atom is -0.364 e. The molecule has 1 aromatic rings. The van der Waals surface area contributed by atoms with Gasteiger partial charge in [0.2, 0.25) is 0 Å². The van der Waals surface area contributed by atoms with Crippen molar-refractivity contribution in [3.63, 3.8) is 0 Å². The molecular weight excluding hydrogens is 246 g/mol. The first-order valence-electron chi connectivity index (χ1n) is 7.71. The summed E-state index contributed by atoms with van der Waals surface area (Å²) in [4.78, 5) is 0. The van der Waals surface area contributed by atoms with Crippen molar-refractivity contribution in [3.8, 4) is 0 Å². The second kappa shape index (κ2) is 5.50. The van der Waals surface area contributed by atoms with E-state index in [-0.39, 0.29) is 17.1 Å². The molecule has 1 aliphatic rings. The van der Waals surface area contributed by atoms with Crippen LogP contribution in [0, 0.1) is 5.92 Å². The smallest absolute Gasteiger partial charge is 0.0957 e. The summed E-state index contributed by atoms with van der Waals surface area (Å²) in [5.74, 6) is 0.506. The zero-order chi connectivity index (χ0) is 15.0. The van der Waals surface area contributed by atoms with Crippen molar-refractivity contribution in [1.29, 1.82) is 0 Å². The molecule has 2 heteroatoms. The van der Waals surface area contributed by atoms with E-state index in [0.29, 0.717) is 5.92 Å². The first-order chi connectivity index (χ1) is 9.22. The van der Waals surface area contributed by atoms with Gasteiger partial charge < -0.3 is 10.1 Å². The normalized spacial score (nSPS) is 27.9. The van der Waals surface area contributed by atoms with Crippen molar-refractivity contribution < 1.29 is 4.74 Å². The molecule has 1 saturated heterocycles. The number of hydrogen-bond donors (Lipinski definition) is 1. The van der Waals surface area contributed by atoms with Gasteiger partial charge in [0.15, 0.2) is 0 Å². The lowest BCUT2D eigenvalue weighted by atomic mass is 9.86. The molecule has 2 nitrogen and oxygen atoms in total. The van der Waals surface area contributed by atoms with Crippen molar-refractivity contribution in [1.82, 2.24) is 5.32 Å². The molecule has 0 spiro atoms. The van der Waals surface area contributed by atoms with Crippen LogP contribution in [0.1, 0.15) is 58.8 Å². The molecule has 2 unspecified atom stereocenters. The molecule has 1 aromatic carbocycles. The summed E-state index contributed by atoms with van der Waals surface area (Å²) in [6.45, 7) is 15.2. The molecule has 0 saturated carbocycles. The predicted molar refractivity (Wildman–Crippen MR) is 85.1 cm³/mol. The standard InChI is InChI=1S/C18H29NO/c1-13(2)18(6)12-19-11-16(20-18)14-7-9-15(10-8-14)17(3,4)5/h7-10,13,16,19H,11-12H2,1-6H3. The summed E-state index contributed by atoms with van der Waals surface area (Å²) >= 11 is 0. The molecule has 0 bridgehead atoms. The van der Waals surface area contributed by atoms with Crippen molar-refractivity contribution >= 4 is 0 Å². The Hall–Kier alpha value is -0.860. The Labute approximate surface area is 123 Å². The van der Waals surface area contributed by atoms with Crippen LogP contribution in [0.3, 0.4) is 0 Å². The van der Waals surface area contributed by atoms with Crippen LogP contribution in [0.4, 0.5) is 0 Å². The van der Waals surface area contributed by atoms with Crippen LogP contribution < -0.4 is 5.32 Å². The minimum absolute atomic E-state index is 0.0778. The Balaban J connectivity index is 2.16. The van der Waals surface area contributed by atoms with E-state index in [1.54, 1.807) is 0 Å². The number of rotatable bonds is 2. The average molecular weight is 275 g/mol. The Bertz CT molecular complexity index is 443. The van der Waals surface area contributed by atoms with Crippen molar-refractivity contribution in [2.45, 2.75) is 58.7 Å². The molecule has 1 aliphatic heterocycles. The second-order valence-electron chi connectivity index (χ2n) is 7.58. The molecule has 0 aliphatic carbocycles. The SMILES string of the molecule is CC(C)C1(C)CNCC(c2ccc(C(C)(C)C)cc2)O1. The number of benzene rings is 1. The zero-order valence-corrected chi connectivity index (χ0v) is 13.8. The quantitative estimate of drug-likeness (QED) is 0.879. The highest BCUT2D eigenvalue weighted by atomic mass is 16.5. The van der Waals surface area contributed by atoms with Gasteiger partial charge in [-0.15, -0.1) is 0 Å². The van der Waals surface area contributed by atoms with E-state index < -0.39 is 0 Å². The summed E-state index contributed by atoms with van der Waals surface area (Å²) in [6.07, 6.45) is 0.158. The first kappa shape index (κ1) is 15.5. The zero-order valence-electron chi connectivity index (χ0n) is 13.8. The molecule has 1 N–H and O–H groups in total. The number of morpholine rings is 1. The first-order valence-corrected chi connectivity index (χ1v) is 7.71. The molecule has 1 heterocycles. The van der Waals surface area contributed by atoms with Crippen LogP contribution in [0.5, 0.6) is 0 Å². The minimum atomic E-state index is -0.0778. The Morgan fingerprint density at radius 2 is 1.80 bits per heavy atom. The van der Waals surface area contributed by atoms with Crippen LogP contribution in [0.2, 0.25) is 0 Å². The highest BCUT2D eigenvalue weighted by Gasteiger charge is 2.36. The van der Waals surface area contributed by atoms with Gasteiger partial charge in [-0.1, -0.05) is 58.9 Å². The van der Waals surface area contributed by atoms with E-state index >= 15 is 0 Å². The molecule has 1 fully saturated rings. The average Bonchev–Trinajstić information content (AvgIpc) is 2.38. The highest BCUT2D eigenvalue weighted by molar-refractivity contribution is 5.29. The molecule has 112 valence electrons. The van der Waals surface area contributed by atoms with Crippen molar-refractivity contribution in [2.24, 2.45) is 5.92 Å². The second-order valence-corrected chi connectivity index (χ2v) is 7.58. The van der Waals surface area contributed by atoms with E-state index in [2.05, 4.69) is 71.1 Å². The summed E-state index contributed by atoms with van der Waals surface area (Å²) in [5, 5.41) is 3.53. The van der Waals surface area contributed by atoms with E-state index in [9.17, 15) is 0 Å². The van der Waals surface area contributed by atoms with Crippen LogP contribution in [-0.2, 0) is 10.2 Å². The van der Waals surface area contributed by atoms with E-state index in [0.717, 1.165) is 13.1 Å². The third kappa shape index (κ3) is 3.24. The van der Waals surface area contributed by atoms with Crippen LogP contribution in [0.25, 0.3) is 0 Å². The van der Waals surface area contributed by atoms with E-state index in [4.69, 9.17) is 4.74 Å². The fourth-order valence-electron chi connectivity index (χ4n) is 2.58. The van der Waals surface area contributed by atoms with Gasteiger partial charge in [0, 0.05) is 13.1 Å². The van der Waals surface area contributed by atoms with Gasteiger partial charge in [0.1, 0.15) is 0 Å². The summed E-state index contributed by atoms with van der Waals surface area (Å²) in [5.41, 5.74) is 2.77. The molecule has 0 radical (unpaired) electrons. The maximum absolute atomic E-state index is 6.38. The van der Waals surface area contributed by atoms with Gasteiger partial charge in [0.05, 0.1) is 11.7 Å². The van der Waals surface area contributed by atoms with Gasteiger partial charge in [0.25, 0.3) is 0 Å². The van der Waals surface area contributed by atoms with Gasteiger partial charge in [-0.05, 0) is 29.4 Å². The van der Waals surface area contributed by atoms with Crippen molar-refractivity contribution in [2.75, 3.05) is 13.1 Å². The predicted octanol–water partition coefficient (Wildman–Crippen LogP) is 4.06. The largest absolute Gasteiger partial charge is 0.364 e. The highest BCUT2D eigenvalue weighted by Crippen LogP contribution is 2.33. The third-order valence-corrected chi connectivity index (χ3v) is 4.59. The van der Waals surface area contributed by atoms with Crippen LogP contribution in [-0.4, -0.2) is 18.7 Å². The lowest BCUT2D eigenvalue weighted by Gasteiger charge is -2.42. The fourth-order valence-corrected chi connectivity index (χ4v) is 2.58.